The molecule has 92 valence electrons. The normalized spacial score (nSPS) is 10.1. The van der Waals surface area contributed by atoms with Gasteiger partial charge in [0, 0.05) is 4.47 Å². The summed E-state index contributed by atoms with van der Waals surface area (Å²) in [7, 11) is 0. The van der Waals surface area contributed by atoms with E-state index >= 15 is 0 Å². The van der Waals surface area contributed by atoms with Crippen LogP contribution in [0, 0.1) is 0 Å². The Balaban J connectivity index is 2.37. The molecule has 2 N–H and O–H groups in total. The van der Waals surface area contributed by atoms with Crippen molar-refractivity contribution in [2.45, 2.75) is 0 Å². The lowest BCUT2D eigenvalue weighted by Gasteiger charge is -2.11. The molecule has 0 spiro atoms. The summed E-state index contributed by atoms with van der Waals surface area (Å²) in [6, 6.07) is 12.8. The second-order valence-electron chi connectivity index (χ2n) is 3.53. The number of halogens is 2. The van der Waals surface area contributed by atoms with Gasteiger partial charge >= 0.3 is 0 Å². The second-order valence-corrected chi connectivity index (χ2v) is 5.30. The Labute approximate surface area is 124 Å². The van der Waals surface area contributed by atoms with E-state index in [0.29, 0.717) is 22.1 Å². The van der Waals surface area contributed by atoms with Crippen LogP contribution in [0.1, 0.15) is 5.56 Å². The van der Waals surface area contributed by atoms with Crippen molar-refractivity contribution >= 4 is 44.7 Å². The largest absolute Gasteiger partial charge is 0.457 e. The molecule has 0 saturated carbocycles. The van der Waals surface area contributed by atoms with E-state index in [1.165, 1.54) is 0 Å². The van der Waals surface area contributed by atoms with Crippen molar-refractivity contribution in [2.24, 2.45) is 5.73 Å². The summed E-state index contributed by atoms with van der Waals surface area (Å²) in [5, 5.41) is 0.483. The van der Waals surface area contributed by atoms with Crippen LogP contribution in [0.2, 0.25) is 5.02 Å². The average Bonchev–Trinajstić information content (AvgIpc) is 2.32. The minimum absolute atomic E-state index is 0.215. The third kappa shape index (κ3) is 3.02. The molecule has 2 aromatic carbocycles. The van der Waals surface area contributed by atoms with Crippen molar-refractivity contribution in [1.82, 2.24) is 0 Å². The summed E-state index contributed by atoms with van der Waals surface area (Å²) in [6.07, 6.45) is 0. The molecule has 0 fully saturated rings. The fourth-order valence-electron chi connectivity index (χ4n) is 1.46. The molecule has 0 atom stereocenters. The minimum Gasteiger partial charge on any atom is -0.457 e. The third-order valence-corrected chi connectivity index (χ3v) is 3.31. The fraction of sp³-hybridized carbons (Fsp3) is 0. The first-order valence-electron chi connectivity index (χ1n) is 5.09. The van der Waals surface area contributed by atoms with E-state index in [9.17, 15) is 0 Å². The predicted octanol–water partition coefficient (Wildman–Crippen LogP) is 4.53. The smallest absolute Gasteiger partial charge is 0.139 e. The molecule has 0 heterocycles. The number of thiocarbonyl (C=S) groups is 1. The van der Waals surface area contributed by atoms with Gasteiger partial charge < -0.3 is 10.5 Å². The summed E-state index contributed by atoms with van der Waals surface area (Å²) in [5.41, 5.74) is 6.21. The van der Waals surface area contributed by atoms with Gasteiger partial charge in [0.25, 0.3) is 0 Å². The molecule has 5 heteroatoms. The lowest BCUT2D eigenvalue weighted by atomic mass is 10.2. The zero-order valence-electron chi connectivity index (χ0n) is 9.19. The van der Waals surface area contributed by atoms with Gasteiger partial charge in [0.2, 0.25) is 0 Å². The van der Waals surface area contributed by atoms with E-state index in [-0.39, 0.29) is 4.99 Å². The van der Waals surface area contributed by atoms with Crippen molar-refractivity contribution in [2.75, 3.05) is 0 Å². The minimum atomic E-state index is 0.215. The van der Waals surface area contributed by atoms with Gasteiger partial charge in [-0.15, -0.1) is 0 Å². The van der Waals surface area contributed by atoms with E-state index in [2.05, 4.69) is 15.9 Å². The zero-order valence-corrected chi connectivity index (χ0v) is 12.3. The molecule has 0 aliphatic carbocycles. The van der Waals surface area contributed by atoms with Gasteiger partial charge in [0.1, 0.15) is 16.5 Å². The summed E-state index contributed by atoms with van der Waals surface area (Å²) < 4.78 is 6.72. The van der Waals surface area contributed by atoms with Crippen molar-refractivity contribution in [3.05, 3.63) is 57.5 Å². The Morgan fingerprint density at radius 2 is 1.83 bits per heavy atom. The molecule has 0 amide bonds. The first kappa shape index (κ1) is 13.3. The Morgan fingerprint density at radius 1 is 1.17 bits per heavy atom. The maximum absolute atomic E-state index is 6.06. The van der Waals surface area contributed by atoms with E-state index in [1.54, 1.807) is 18.2 Å². The molecule has 0 unspecified atom stereocenters. The lowest BCUT2D eigenvalue weighted by molar-refractivity contribution is 0.481. The number of benzene rings is 2. The molecular weight excluding hydrogens is 334 g/mol. The van der Waals surface area contributed by atoms with Crippen LogP contribution in [0.25, 0.3) is 0 Å². The van der Waals surface area contributed by atoms with Crippen LogP contribution in [0.5, 0.6) is 11.5 Å². The van der Waals surface area contributed by atoms with E-state index in [0.717, 1.165) is 4.47 Å². The highest BCUT2D eigenvalue weighted by molar-refractivity contribution is 9.10. The highest BCUT2D eigenvalue weighted by Gasteiger charge is 2.11. The molecule has 0 aromatic heterocycles. The van der Waals surface area contributed by atoms with E-state index in [1.807, 2.05) is 24.3 Å². The molecule has 0 aliphatic rings. The molecule has 2 rings (SSSR count). The Bertz CT molecular complexity index is 586. The van der Waals surface area contributed by atoms with E-state index < -0.39 is 0 Å². The summed E-state index contributed by atoms with van der Waals surface area (Å²) in [4.78, 5) is 0.215. The molecule has 0 saturated heterocycles. The van der Waals surface area contributed by atoms with E-state index in [4.69, 9.17) is 34.3 Å². The highest BCUT2D eigenvalue weighted by Crippen LogP contribution is 2.30. The quantitative estimate of drug-likeness (QED) is 0.832. The van der Waals surface area contributed by atoms with Crippen LogP contribution in [-0.2, 0) is 0 Å². The molecular formula is C13H9BrClNOS. The van der Waals surface area contributed by atoms with Gasteiger partial charge in [-0.2, -0.15) is 0 Å². The van der Waals surface area contributed by atoms with Crippen LogP contribution >= 0.6 is 39.7 Å². The van der Waals surface area contributed by atoms with Crippen LogP contribution in [0.4, 0.5) is 0 Å². The molecule has 2 nitrogen and oxygen atoms in total. The Morgan fingerprint density at radius 3 is 2.44 bits per heavy atom. The van der Waals surface area contributed by atoms with Crippen LogP contribution < -0.4 is 10.5 Å². The van der Waals surface area contributed by atoms with Gasteiger partial charge in [0.15, 0.2) is 0 Å². The third-order valence-electron chi connectivity index (χ3n) is 2.26. The summed E-state index contributed by atoms with van der Waals surface area (Å²) in [6.45, 7) is 0. The topological polar surface area (TPSA) is 35.2 Å². The summed E-state index contributed by atoms with van der Waals surface area (Å²) in [5.74, 6) is 1.25. The first-order chi connectivity index (χ1) is 8.58. The monoisotopic (exact) mass is 341 g/mol. The Kier molecular flexibility index (Phi) is 4.22. The lowest BCUT2D eigenvalue weighted by Crippen LogP contribution is -2.11. The standard InChI is InChI=1S/C13H9BrClNOS/c14-8-4-6-9(7-5-8)17-11-3-1-2-10(15)12(11)13(16)18/h1-7H,(H2,16,18). The average molecular weight is 343 g/mol. The van der Waals surface area contributed by atoms with Crippen LogP contribution in [0.15, 0.2) is 46.9 Å². The Hall–Kier alpha value is -1.10. The first-order valence-corrected chi connectivity index (χ1v) is 6.67. The number of rotatable bonds is 3. The van der Waals surface area contributed by atoms with Crippen molar-refractivity contribution in [3.8, 4) is 11.5 Å². The highest BCUT2D eigenvalue weighted by atomic mass is 79.9. The van der Waals surface area contributed by atoms with Crippen LogP contribution in [0.3, 0.4) is 0 Å². The molecule has 0 aliphatic heterocycles. The molecule has 0 bridgehead atoms. The van der Waals surface area contributed by atoms with Crippen LogP contribution in [-0.4, -0.2) is 4.99 Å². The van der Waals surface area contributed by atoms with Crippen molar-refractivity contribution in [1.29, 1.82) is 0 Å². The van der Waals surface area contributed by atoms with Gasteiger partial charge in [0.05, 0.1) is 10.6 Å². The zero-order chi connectivity index (χ0) is 13.1. The fourth-order valence-corrected chi connectivity index (χ4v) is 2.26. The maximum Gasteiger partial charge on any atom is 0.139 e. The molecule has 18 heavy (non-hydrogen) atoms. The van der Waals surface area contributed by atoms with Gasteiger partial charge in [-0.25, -0.2) is 0 Å². The van der Waals surface area contributed by atoms with Crippen molar-refractivity contribution < 1.29 is 4.74 Å². The second kappa shape index (κ2) is 5.69. The molecule has 2 aromatic rings. The van der Waals surface area contributed by atoms with Gasteiger partial charge in [-0.3, -0.25) is 0 Å². The SMILES string of the molecule is NC(=S)c1c(Cl)cccc1Oc1ccc(Br)cc1. The maximum atomic E-state index is 6.06. The summed E-state index contributed by atoms with van der Waals surface area (Å²) >= 11 is 14.4. The molecule has 0 radical (unpaired) electrons. The predicted molar refractivity (Wildman–Crippen MR) is 81.6 cm³/mol. The number of hydrogen-bond donors (Lipinski definition) is 1. The van der Waals surface area contributed by atoms with Gasteiger partial charge in [-0.05, 0) is 36.4 Å². The number of hydrogen-bond acceptors (Lipinski definition) is 2. The van der Waals surface area contributed by atoms with Gasteiger partial charge in [-0.1, -0.05) is 45.8 Å². The number of ether oxygens (including phenoxy) is 1. The number of nitrogens with two attached hydrogens (primary N) is 1. The van der Waals surface area contributed by atoms with Crippen molar-refractivity contribution in [3.63, 3.8) is 0 Å².